The third-order valence-corrected chi connectivity index (χ3v) is 3.50. The molecule has 0 unspecified atom stereocenters. The summed E-state index contributed by atoms with van der Waals surface area (Å²) in [6, 6.07) is 0. The third-order valence-electron chi connectivity index (χ3n) is 3.50. The topological polar surface area (TPSA) is 101 Å². The molecule has 1 amide bonds. The molecule has 0 atom stereocenters. The van der Waals surface area contributed by atoms with E-state index < -0.39 is 17.1 Å². The van der Waals surface area contributed by atoms with Gasteiger partial charge in [-0.3, -0.25) is 14.2 Å². The number of carbonyl (C=O) groups is 2. The van der Waals surface area contributed by atoms with Gasteiger partial charge in [0.2, 0.25) is 5.91 Å². The molecule has 116 valence electrons. The minimum Gasteiger partial charge on any atom is -0.481 e. The molecule has 1 heterocycles. The smallest absolute Gasteiger partial charge is 0.348 e. The first kappa shape index (κ1) is 16.9. The molecule has 0 aromatic carbocycles. The number of carboxylic acids is 1. The van der Waals surface area contributed by atoms with E-state index in [0.29, 0.717) is 17.0 Å². The fourth-order valence-electron chi connectivity index (χ4n) is 2.24. The van der Waals surface area contributed by atoms with Crippen molar-refractivity contribution < 1.29 is 14.7 Å². The Hall–Kier alpha value is -2.18. The largest absolute Gasteiger partial charge is 0.481 e. The van der Waals surface area contributed by atoms with E-state index in [2.05, 4.69) is 10.3 Å². The quantitative estimate of drug-likeness (QED) is 0.811. The fraction of sp³-hybridized carbons (Fsp3) is 0.571. The number of amides is 1. The number of aryl methyl sites for hydroxylation is 1. The lowest BCUT2D eigenvalue weighted by Gasteiger charge is -2.25. The highest BCUT2D eigenvalue weighted by Crippen LogP contribution is 2.20. The minimum atomic E-state index is -0.987. The molecule has 0 spiro atoms. The Labute approximate surface area is 123 Å². The first-order valence-electron chi connectivity index (χ1n) is 6.61. The standard InChI is InChI=1S/C14H21N3O4/c1-8-10(6-11(18)19)9(2)17(13(21)16-8)7-14(3,4)12(20)15-5/h6-7H2,1-5H3,(H,15,20)(H,18,19). The minimum absolute atomic E-state index is 0.136. The lowest BCUT2D eigenvalue weighted by atomic mass is 9.92. The van der Waals surface area contributed by atoms with Crippen LogP contribution in [0.3, 0.4) is 0 Å². The number of nitrogens with zero attached hydrogens (tertiary/aromatic N) is 2. The Morgan fingerprint density at radius 3 is 2.38 bits per heavy atom. The van der Waals surface area contributed by atoms with Gasteiger partial charge < -0.3 is 10.4 Å². The number of carboxylic acid groups (broad SMARTS) is 1. The van der Waals surface area contributed by atoms with Gasteiger partial charge in [0, 0.05) is 30.5 Å². The monoisotopic (exact) mass is 295 g/mol. The van der Waals surface area contributed by atoms with Gasteiger partial charge in [-0.2, -0.15) is 4.98 Å². The second kappa shape index (κ2) is 6.07. The summed E-state index contributed by atoms with van der Waals surface area (Å²) < 4.78 is 1.36. The zero-order valence-electron chi connectivity index (χ0n) is 13.0. The molecule has 7 heteroatoms. The molecule has 0 bridgehead atoms. The fourth-order valence-corrected chi connectivity index (χ4v) is 2.24. The summed E-state index contributed by atoms with van der Waals surface area (Å²) in [5.74, 6) is -1.19. The maximum atomic E-state index is 12.1. The molecule has 7 nitrogen and oxygen atoms in total. The lowest BCUT2D eigenvalue weighted by molar-refractivity contribution is -0.136. The van der Waals surface area contributed by atoms with Crippen LogP contribution in [0.1, 0.15) is 30.8 Å². The Bertz CT molecular complexity index is 632. The summed E-state index contributed by atoms with van der Waals surface area (Å²) in [6.07, 6.45) is -0.203. The molecule has 0 aliphatic rings. The van der Waals surface area contributed by atoms with Gasteiger partial charge in [0.1, 0.15) is 0 Å². The Morgan fingerprint density at radius 2 is 1.90 bits per heavy atom. The number of hydrogen-bond donors (Lipinski definition) is 2. The second-order valence-corrected chi connectivity index (χ2v) is 5.66. The molecule has 21 heavy (non-hydrogen) atoms. The highest BCUT2D eigenvalue weighted by Gasteiger charge is 2.29. The first-order valence-corrected chi connectivity index (χ1v) is 6.61. The molecule has 0 saturated heterocycles. The van der Waals surface area contributed by atoms with Crippen molar-refractivity contribution in [3.63, 3.8) is 0 Å². The molecule has 0 radical (unpaired) electrons. The molecule has 0 fully saturated rings. The van der Waals surface area contributed by atoms with Crippen molar-refractivity contribution in [1.29, 1.82) is 0 Å². The molecule has 0 aliphatic heterocycles. The number of nitrogens with one attached hydrogen (secondary N) is 1. The highest BCUT2D eigenvalue weighted by atomic mass is 16.4. The molecule has 0 aliphatic carbocycles. The molecule has 1 aromatic rings. The van der Waals surface area contributed by atoms with Crippen molar-refractivity contribution in [2.75, 3.05) is 7.05 Å². The van der Waals surface area contributed by atoms with Gasteiger partial charge in [-0.15, -0.1) is 0 Å². The molecule has 2 N–H and O–H groups in total. The summed E-state index contributed by atoms with van der Waals surface area (Å²) in [4.78, 5) is 38.7. The van der Waals surface area contributed by atoms with Crippen LogP contribution in [0.25, 0.3) is 0 Å². The lowest BCUT2D eigenvalue weighted by Crippen LogP contribution is -2.41. The Morgan fingerprint density at radius 1 is 1.33 bits per heavy atom. The van der Waals surface area contributed by atoms with Gasteiger partial charge in [0.15, 0.2) is 0 Å². The summed E-state index contributed by atoms with van der Waals surface area (Å²) >= 11 is 0. The van der Waals surface area contributed by atoms with E-state index in [4.69, 9.17) is 5.11 Å². The van der Waals surface area contributed by atoms with Gasteiger partial charge in [-0.1, -0.05) is 0 Å². The number of rotatable bonds is 5. The maximum absolute atomic E-state index is 12.1. The van der Waals surface area contributed by atoms with E-state index >= 15 is 0 Å². The Balaban J connectivity index is 3.34. The van der Waals surface area contributed by atoms with Crippen molar-refractivity contribution in [2.24, 2.45) is 5.41 Å². The van der Waals surface area contributed by atoms with Crippen LogP contribution in [0.4, 0.5) is 0 Å². The zero-order valence-corrected chi connectivity index (χ0v) is 13.0. The van der Waals surface area contributed by atoms with E-state index in [9.17, 15) is 14.4 Å². The van der Waals surface area contributed by atoms with Crippen LogP contribution in [0.2, 0.25) is 0 Å². The van der Waals surface area contributed by atoms with Crippen LogP contribution in [0.15, 0.2) is 4.79 Å². The third kappa shape index (κ3) is 3.68. The van der Waals surface area contributed by atoms with Crippen molar-refractivity contribution in [1.82, 2.24) is 14.9 Å². The van der Waals surface area contributed by atoms with Crippen molar-refractivity contribution in [3.05, 3.63) is 27.4 Å². The number of hydrogen-bond acceptors (Lipinski definition) is 4. The molecular formula is C14H21N3O4. The summed E-state index contributed by atoms with van der Waals surface area (Å²) in [5.41, 5.74) is 0.174. The first-order chi connectivity index (χ1) is 9.60. The second-order valence-electron chi connectivity index (χ2n) is 5.66. The van der Waals surface area contributed by atoms with Crippen molar-refractivity contribution in [3.8, 4) is 0 Å². The van der Waals surface area contributed by atoms with Gasteiger partial charge >= 0.3 is 11.7 Å². The van der Waals surface area contributed by atoms with Crippen molar-refractivity contribution >= 4 is 11.9 Å². The van der Waals surface area contributed by atoms with Gasteiger partial charge in [0.05, 0.1) is 11.8 Å². The predicted octanol–water partition coefficient (Wildman–Crippen LogP) is 0.259. The van der Waals surface area contributed by atoms with E-state index in [-0.39, 0.29) is 18.9 Å². The Kier molecular flexibility index (Phi) is 4.88. The van der Waals surface area contributed by atoms with Crippen LogP contribution in [-0.2, 0) is 22.6 Å². The zero-order chi connectivity index (χ0) is 16.4. The van der Waals surface area contributed by atoms with Crippen molar-refractivity contribution in [2.45, 2.75) is 40.7 Å². The molecular weight excluding hydrogens is 274 g/mol. The van der Waals surface area contributed by atoms with Crippen LogP contribution in [0.5, 0.6) is 0 Å². The van der Waals surface area contributed by atoms with E-state index in [0.717, 1.165) is 0 Å². The normalized spacial score (nSPS) is 11.3. The van der Waals surface area contributed by atoms with Crippen LogP contribution in [0, 0.1) is 19.3 Å². The summed E-state index contributed by atoms with van der Waals surface area (Å²) in [5, 5.41) is 11.5. The number of aromatic nitrogens is 2. The molecule has 0 saturated carbocycles. The average molecular weight is 295 g/mol. The number of aliphatic carboxylic acids is 1. The van der Waals surface area contributed by atoms with Gasteiger partial charge in [-0.25, -0.2) is 4.79 Å². The maximum Gasteiger partial charge on any atom is 0.348 e. The predicted molar refractivity (Wildman–Crippen MR) is 77.2 cm³/mol. The van der Waals surface area contributed by atoms with Crippen LogP contribution in [-0.4, -0.2) is 33.6 Å². The average Bonchev–Trinajstić information content (AvgIpc) is 2.38. The van der Waals surface area contributed by atoms with E-state index in [1.54, 1.807) is 27.7 Å². The highest BCUT2D eigenvalue weighted by molar-refractivity contribution is 5.81. The van der Waals surface area contributed by atoms with Gasteiger partial charge in [0.25, 0.3) is 0 Å². The van der Waals surface area contributed by atoms with Crippen LogP contribution < -0.4 is 11.0 Å². The van der Waals surface area contributed by atoms with E-state index in [1.165, 1.54) is 11.6 Å². The van der Waals surface area contributed by atoms with Crippen LogP contribution >= 0.6 is 0 Å². The van der Waals surface area contributed by atoms with E-state index in [1.807, 2.05) is 0 Å². The summed E-state index contributed by atoms with van der Waals surface area (Å²) in [7, 11) is 1.53. The molecule has 1 rings (SSSR count). The number of carbonyl (C=O) groups excluding carboxylic acids is 1. The SMILES string of the molecule is CNC(=O)C(C)(C)Cn1c(C)c(CC(=O)O)c(C)nc1=O. The summed E-state index contributed by atoms with van der Waals surface area (Å²) in [6.45, 7) is 6.86. The molecule has 1 aromatic heterocycles. The van der Waals surface area contributed by atoms with Gasteiger partial charge in [-0.05, 0) is 27.7 Å².